The predicted molar refractivity (Wildman–Crippen MR) is 117 cm³/mol. The van der Waals surface area contributed by atoms with Crippen LogP contribution in [0, 0.1) is 0 Å². The predicted octanol–water partition coefficient (Wildman–Crippen LogP) is 4.82. The number of phenols is 1. The summed E-state index contributed by atoms with van der Waals surface area (Å²) >= 11 is 0. The second-order valence-corrected chi connectivity index (χ2v) is 7.37. The number of hydrogen-bond acceptors (Lipinski definition) is 5. The molecule has 0 fully saturated rings. The molecule has 6 nitrogen and oxygen atoms in total. The first-order valence-electron chi connectivity index (χ1n) is 9.92. The standard InChI is InChI=1S/C24H20N4O2/c29-19-12-10-18(11-13-19)25-22-23(27-21-7-2-1-6-20(21)26-22)28-24(30)17-9-8-15-4-3-5-16(15)14-17/h1-2,6-14,29H,3-5H2,(H,25,26)(H,27,28,30). The number of nitrogens with one attached hydrogen (secondary N) is 2. The number of aromatic nitrogens is 2. The van der Waals surface area contributed by atoms with Crippen molar-refractivity contribution in [3.8, 4) is 5.75 Å². The molecular formula is C24H20N4O2. The highest BCUT2D eigenvalue weighted by Crippen LogP contribution is 2.27. The van der Waals surface area contributed by atoms with Gasteiger partial charge >= 0.3 is 0 Å². The van der Waals surface area contributed by atoms with Crippen molar-refractivity contribution in [2.45, 2.75) is 19.3 Å². The maximum atomic E-state index is 13.0. The van der Waals surface area contributed by atoms with Crippen LogP contribution in [0.4, 0.5) is 17.3 Å². The lowest BCUT2D eigenvalue weighted by Gasteiger charge is -2.13. The van der Waals surface area contributed by atoms with Crippen LogP contribution in [0.3, 0.4) is 0 Å². The molecule has 0 atom stereocenters. The van der Waals surface area contributed by atoms with E-state index in [4.69, 9.17) is 0 Å². The molecule has 4 aromatic rings. The Hall–Kier alpha value is -3.93. The molecule has 1 aliphatic carbocycles. The molecule has 0 aliphatic heterocycles. The molecule has 3 aromatic carbocycles. The van der Waals surface area contributed by atoms with E-state index in [1.165, 1.54) is 11.1 Å². The Labute approximate surface area is 173 Å². The lowest BCUT2D eigenvalue weighted by molar-refractivity contribution is 0.102. The van der Waals surface area contributed by atoms with E-state index in [0.29, 0.717) is 28.2 Å². The summed E-state index contributed by atoms with van der Waals surface area (Å²) in [6, 6.07) is 20.0. The fourth-order valence-electron chi connectivity index (χ4n) is 3.75. The van der Waals surface area contributed by atoms with Gasteiger partial charge in [-0.05, 0) is 78.9 Å². The molecule has 0 saturated carbocycles. The van der Waals surface area contributed by atoms with Crippen LogP contribution >= 0.6 is 0 Å². The molecule has 148 valence electrons. The van der Waals surface area contributed by atoms with Crippen molar-refractivity contribution in [3.63, 3.8) is 0 Å². The summed E-state index contributed by atoms with van der Waals surface area (Å²) in [5, 5.41) is 15.6. The fraction of sp³-hybridized carbons (Fsp3) is 0.125. The summed E-state index contributed by atoms with van der Waals surface area (Å²) in [6.07, 6.45) is 3.23. The largest absolute Gasteiger partial charge is 0.508 e. The van der Waals surface area contributed by atoms with Crippen LogP contribution in [0.2, 0.25) is 0 Å². The first kappa shape index (κ1) is 18.1. The molecule has 1 aliphatic rings. The van der Waals surface area contributed by atoms with Crippen molar-refractivity contribution in [3.05, 3.63) is 83.4 Å². The number of rotatable bonds is 4. The van der Waals surface area contributed by atoms with Crippen LogP contribution in [0.5, 0.6) is 5.75 Å². The van der Waals surface area contributed by atoms with Crippen LogP contribution in [0.25, 0.3) is 11.0 Å². The van der Waals surface area contributed by atoms with Crippen molar-refractivity contribution in [1.82, 2.24) is 9.97 Å². The van der Waals surface area contributed by atoms with E-state index in [0.717, 1.165) is 24.9 Å². The van der Waals surface area contributed by atoms with Crippen LogP contribution in [-0.4, -0.2) is 21.0 Å². The Morgan fingerprint density at radius 2 is 1.53 bits per heavy atom. The molecule has 0 unspecified atom stereocenters. The number of aromatic hydroxyl groups is 1. The van der Waals surface area contributed by atoms with Gasteiger partial charge in [0.05, 0.1) is 11.0 Å². The minimum Gasteiger partial charge on any atom is -0.508 e. The highest BCUT2D eigenvalue weighted by molar-refractivity contribution is 6.05. The van der Waals surface area contributed by atoms with E-state index in [9.17, 15) is 9.90 Å². The average Bonchev–Trinajstić information content (AvgIpc) is 3.23. The maximum absolute atomic E-state index is 13.0. The molecule has 0 radical (unpaired) electrons. The third-order valence-electron chi connectivity index (χ3n) is 5.29. The monoisotopic (exact) mass is 396 g/mol. The minimum atomic E-state index is -0.219. The highest BCUT2D eigenvalue weighted by Gasteiger charge is 2.17. The molecule has 6 heteroatoms. The number of para-hydroxylation sites is 2. The Bertz CT molecular complexity index is 1250. The van der Waals surface area contributed by atoms with Gasteiger partial charge in [0, 0.05) is 11.3 Å². The van der Waals surface area contributed by atoms with Gasteiger partial charge in [-0.25, -0.2) is 9.97 Å². The van der Waals surface area contributed by atoms with E-state index in [1.54, 1.807) is 24.3 Å². The molecule has 3 N–H and O–H groups in total. The summed E-state index contributed by atoms with van der Waals surface area (Å²) in [7, 11) is 0. The molecule has 30 heavy (non-hydrogen) atoms. The Morgan fingerprint density at radius 3 is 2.30 bits per heavy atom. The lowest BCUT2D eigenvalue weighted by Crippen LogP contribution is -2.15. The summed E-state index contributed by atoms with van der Waals surface area (Å²) in [4.78, 5) is 22.2. The number of benzene rings is 3. The first-order chi connectivity index (χ1) is 14.7. The number of aryl methyl sites for hydroxylation is 2. The third kappa shape index (κ3) is 3.55. The topological polar surface area (TPSA) is 87.1 Å². The quantitative estimate of drug-likeness (QED) is 0.431. The maximum Gasteiger partial charge on any atom is 0.256 e. The fourth-order valence-corrected chi connectivity index (χ4v) is 3.75. The smallest absolute Gasteiger partial charge is 0.256 e. The van der Waals surface area contributed by atoms with Gasteiger partial charge < -0.3 is 15.7 Å². The summed E-state index contributed by atoms with van der Waals surface area (Å²) in [5.41, 5.74) is 5.32. The van der Waals surface area contributed by atoms with Gasteiger partial charge in [0.2, 0.25) is 0 Å². The summed E-state index contributed by atoms with van der Waals surface area (Å²) in [5.74, 6) is 0.750. The Balaban J connectivity index is 1.50. The lowest BCUT2D eigenvalue weighted by atomic mass is 10.1. The number of nitrogens with zero attached hydrogens (tertiary/aromatic N) is 2. The number of amides is 1. The van der Waals surface area contributed by atoms with E-state index in [1.807, 2.05) is 42.5 Å². The number of fused-ring (bicyclic) bond motifs is 2. The normalized spacial score (nSPS) is 12.5. The highest BCUT2D eigenvalue weighted by atomic mass is 16.3. The molecule has 1 heterocycles. The molecule has 1 aromatic heterocycles. The molecule has 0 bridgehead atoms. The van der Waals surface area contributed by atoms with E-state index in [-0.39, 0.29) is 11.7 Å². The van der Waals surface area contributed by atoms with Gasteiger partial charge in [-0.2, -0.15) is 0 Å². The van der Waals surface area contributed by atoms with Crippen molar-refractivity contribution in [2.75, 3.05) is 10.6 Å². The number of carbonyl (C=O) groups excluding carboxylic acids is 1. The van der Waals surface area contributed by atoms with Crippen LogP contribution in [0.1, 0.15) is 27.9 Å². The first-order valence-corrected chi connectivity index (χ1v) is 9.92. The number of carbonyl (C=O) groups is 1. The van der Waals surface area contributed by atoms with Crippen LogP contribution in [0.15, 0.2) is 66.7 Å². The third-order valence-corrected chi connectivity index (χ3v) is 5.29. The van der Waals surface area contributed by atoms with Gasteiger partial charge in [-0.15, -0.1) is 0 Å². The van der Waals surface area contributed by atoms with Gasteiger partial charge in [-0.3, -0.25) is 4.79 Å². The van der Waals surface area contributed by atoms with Crippen molar-refractivity contribution in [2.24, 2.45) is 0 Å². The van der Waals surface area contributed by atoms with Crippen LogP contribution in [-0.2, 0) is 12.8 Å². The zero-order valence-corrected chi connectivity index (χ0v) is 16.2. The van der Waals surface area contributed by atoms with Gasteiger partial charge in [-0.1, -0.05) is 18.2 Å². The molecule has 0 saturated heterocycles. The SMILES string of the molecule is O=C(Nc1nc2ccccc2nc1Nc1ccc(O)cc1)c1ccc2c(c1)CCC2. The number of phenolic OH excluding ortho intramolecular Hbond substituents is 1. The molecule has 0 spiro atoms. The zero-order valence-electron chi connectivity index (χ0n) is 16.2. The summed E-state index contributed by atoms with van der Waals surface area (Å²) < 4.78 is 0. The van der Waals surface area contributed by atoms with Gasteiger partial charge in [0.15, 0.2) is 11.6 Å². The van der Waals surface area contributed by atoms with Gasteiger partial charge in [0.25, 0.3) is 5.91 Å². The van der Waals surface area contributed by atoms with Crippen molar-refractivity contribution in [1.29, 1.82) is 0 Å². The van der Waals surface area contributed by atoms with Crippen LogP contribution < -0.4 is 10.6 Å². The Morgan fingerprint density at radius 1 is 0.833 bits per heavy atom. The number of hydrogen-bond donors (Lipinski definition) is 3. The molecule has 1 amide bonds. The van der Waals surface area contributed by atoms with E-state index >= 15 is 0 Å². The number of anilines is 3. The van der Waals surface area contributed by atoms with Gasteiger partial charge in [0.1, 0.15) is 5.75 Å². The summed E-state index contributed by atoms with van der Waals surface area (Å²) in [6.45, 7) is 0. The van der Waals surface area contributed by atoms with E-state index in [2.05, 4.69) is 20.6 Å². The second-order valence-electron chi connectivity index (χ2n) is 7.37. The minimum absolute atomic E-state index is 0.176. The van der Waals surface area contributed by atoms with Crippen molar-refractivity contribution < 1.29 is 9.90 Å². The Kier molecular flexibility index (Phi) is 4.52. The zero-order chi connectivity index (χ0) is 20.5. The second kappa shape index (κ2) is 7.48. The van der Waals surface area contributed by atoms with E-state index < -0.39 is 0 Å². The van der Waals surface area contributed by atoms with Crippen molar-refractivity contribution >= 4 is 34.3 Å². The molecule has 5 rings (SSSR count). The molecular weight excluding hydrogens is 376 g/mol. The average molecular weight is 396 g/mol.